The van der Waals surface area contributed by atoms with Gasteiger partial charge in [0.1, 0.15) is 5.75 Å². The lowest BCUT2D eigenvalue weighted by atomic mass is 9.97. The molecule has 0 N–H and O–H groups in total. The molecule has 0 amide bonds. The van der Waals surface area contributed by atoms with E-state index in [-0.39, 0.29) is 35.5 Å². The van der Waals surface area contributed by atoms with Crippen LogP contribution in [0.1, 0.15) is 37.8 Å². The number of unbranched alkanes of at least 4 members (excludes halogenated alkanes) is 1. The monoisotopic (exact) mass is 522 g/mol. The summed E-state index contributed by atoms with van der Waals surface area (Å²) in [6.07, 6.45) is 2.72. The summed E-state index contributed by atoms with van der Waals surface area (Å²) in [6, 6.07) is 20.0. The van der Waals surface area contributed by atoms with Crippen LogP contribution in [0.4, 0.5) is 17.6 Å². The Balaban J connectivity index is 1.45. The van der Waals surface area contributed by atoms with Crippen molar-refractivity contribution in [2.24, 2.45) is 0 Å². The highest BCUT2D eigenvalue weighted by Crippen LogP contribution is 2.32. The molecule has 0 aliphatic carbocycles. The number of halogens is 4. The van der Waals surface area contributed by atoms with E-state index in [1.807, 2.05) is 0 Å². The molecule has 0 aromatic heterocycles. The maximum absolute atomic E-state index is 15.1. The summed E-state index contributed by atoms with van der Waals surface area (Å²) in [5.74, 6) is -3.16. The standard InChI is InChI=1S/C32H30F4O2/c1-3-5-20-38-25-15-12-23(13-16-25)27-18-17-26(30(34)31(27)35)22-9-6-21(7-10-22)8-11-24-14-19-28(37-4-2)32(36)29(24)33/h6-7,9-10,12-19H,3-5,8,11,20H2,1-2H3. The fourth-order valence-electron chi connectivity index (χ4n) is 4.22. The lowest BCUT2D eigenvalue weighted by Crippen LogP contribution is -2.02. The molecule has 2 nitrogen and oxygen atoms in total. The zero-order chi connectivity index (χ0) is 27.1. The summed E-state index contributed by atoms with van der Waals surface area (Å²) >= 11 is 0. The quantitative estimate of drug-likeness (QED) is 0.145. The number of hydrogen-bond acceptors (Lipinski definition) is 2. The lowest BCUT2D eigenvalue weighted by molar-refractivity contribution is 0.309. The van der Waals surface area contributed by atoms with Crippen LogP contribution in [0.3, 0.4) is 0 Å². The Morgan fingerprint density at radius 3 is 1.76 bits per heavy atom. The van der Waals surface area contributed by atoms with Gasteiger partial charge in [-0.2, -0.15) is 4.39 Å². The molecule has 0 radical (unpaired) electrons. The number of ether oxygens (including phenoxy) is 2. The van der Waals surface area contributed by atoms with Gasteiger partial charge in [0.25, 0.3) is 0 Å². The molecule has 0 heterocycles. The highest BCUT2D eigenvalue weighted by molar-refractivity contribution is 5.72. The Labute approximate surface area is 220 Å². The first kappa shape index (κ1) is 27.2. The maximum Gasteiger partial charge on any atom is 0.200 e. The van der Waals surface area contributed by atoms with Gasteiger partial charge in [-0.25, -0.2) is 13.2 Å². The second-order valence-electron chi connectivity index (χ2n) is 9.00. The van der Waals surface area contributed by atoms with Crippen molar-refractivity contribution in [3.63, 3.8) is 0 Å². The molecule has 0 atom stereocenters. The third-order valence-electron chi connectivity index (χ3n) is 6.39. The van der Waals surface area contributed by atoms with Gasteiger partial charge >= 0.3 is 0 Å². The van der Waals surface area contributed by atoms with Crippen molar-refractivity contribution in [1.82, 2.24) is 0 Å². The van der Waals surface area contributed by atoms with Crippen LogP contribution < -0.4 is 9.47 Å². The van der Waals surface area contributed by atoms with Gasteiger partial charge in [0.15, 0.2) is 23.2 Å². The summed E-state index contributed by atoms with van der Waals surface area (Å²) in [5.41, 5.74) is 2.52. The zero-order valence-corrected chi connectivity index (χ0v) is 21.5. The molecule has 0 saturated heterocycles. The maximum atomic E-state index is 15.1. The number of hydrogen-bond donors (Lipinski definition) is 0. The highest BCUT2D eigenvalue weighted by Gasteiger charge is 2.17. The Morgan fingerprint density at radius 1 is 0.579 bits per heavy atom. The van der Waals surface area contributed by atoms with E-state index in [9.17, 15) is 8.78 Å². The molecule has 4 rings (SSSR count). The summed E-state index contributed by atoms with van der Waals surface area (Å²) < 4.78 is 69.3. The molecule has 0 spiro atoms. The van der Waals surface area contributed by atoms with Gasteiger partial charge in [0.05, 0.1) is 13.2 Å². The molecule has 0 bridgehead atoms. The molecule has 4 aromatic rings. The summed E-state index contributed by atoms with van der Waals surface area (Å²) in [7, 11) is 0. The topological polar surface area (TPSA) is 18.5 Å². The van der Waals surface area contributed by atoms with E-state index >= 15 is 8.78 Å². The zero-order valence-electron chi connectivity index (χ0n) is 21.5. The number of aryl methyl sites for hydroxylation is 2. The van der Waals surface area contributed by atoms with Gasteiger partial charge < -0.3 is 9.47 Å². The second-order valence-corrected chi connectivity index (χ2v) is 9.00. The molecule has 6 heteroatoms. The number of rotatable bonds is 11. The van der Waals surface area contributed by atoms with Crippen molar-refractivity contribution in [1.29, 1.82) is 0 Å². The van der Waals surface area contributed by atoms with Crippen LogP contribution in [0.5, 0.6) is 11.5 Å². The van der Waals surface area contributed by atoms with Crippen LogP contribution >= 0.6 is 0 Å². The van der Waals surface area contributed by atoms with Crippen LogP contribution in [0.2, 0.25) is 0 Å². The van der Waals surface area contributed by atoms with Gasteiger partial charge in [-0.15, -0.1) is 0 Å². The Kier molecular flexibility index (Phi) is 9.06. The average Bonchev–Trinajstić information content (AvgIpc) is 2.93. The highest BCUT2D eigenvalue weighted by atomic mass is 19.2. The lowest BCUT2D eigenvalue weighted by Gasteiger charge is -2.11. The van der Waals surface area contributed by atoms with E-state index < -0.39 is 23.3 Å². The van der Waals surface area contributed by atoms with Crippen molar-refractivity contribution >= 4 is 0 Å². The van der Waals surface area contributed by atoms with E-state index in [2.05, 4.69) is 6.92 Å². The van der Waals surface area contributed by atoms with E-state index in [1.165, 1.54) is 12.1 Å². The third-order valence-corrected chi connectivity index (χ3v) is 6.39. The van der Waals surface area contributed by atoms with Crippen LogP contribution in [0, 0.1) is 23.3 Å². The molecular weight excluding hydrogens is 492 g/mol. The molecule has 4 aromatic carbocycles. The Morgan fingerprint density at radius 2 is 1.18 bits per heavy atom. The fraction of sp³-hybridized carbons (Fsp3) is 0.250. The molecule has 0 aliphatic rings. The van der Waals surface area contributed by atoms with E-state index in [4.69, 9.17) is 9.47 Å². The SMILES string of the molecule is CCCCOc1ccc(-c2ccc(-c3ccc(CCc4ccc(OCC)c(F)c4F)cc3)c(F)c2F)cc1. The smallest absolute Gasteiger partial charge is 0.200 e. The van der Waals surface area contributed by atoms with Crippen LogP contribution in [-0.2, 0) is 12.8 Å². The van der Waals surface area contributed by atoms with E-state index in [0.29, 0.717) is 29.9 Å². The van der Waals surface area contributed by atoms with Gasteiger partial charge in [-0.3, -0.25) is 0 Å². The second kappa shape index (κ2) is 12.6. The van der Waals surface area contributed by atoms with Crippen molar-refractivity contribution < 1.29 is 27.0 Å². The minimum absolute atomic E-state index is 0.105. The van der Waals surface area contributed by atoms with Crippen molar-refractivity contribution in [2.45, 2.75) is 39.5 Å². The third kappa shape index (κ3) is 6.18. The predicted molar refractivity (Wildman–Crippen MR) is 143 cm³/mol. The first-order valence-electron chi connectivity index (χ1n) is 12.8. The van der Waals surface area contributed by atoms with Gasteiger partial charge in [-0.05, 0) is 66.6 Å². The summed E-state index contributed by atoms with van der Waals surface area (Å²) in [6.45, 7) is 4.64. The fourth-order valence-corrected chi connectivity index (χ4v) is 4.22. The van der Waals surface area contributed by atoms with Crippen LogP contribution in [0.25, 0.3) is 22.3 Å². The van der Waals surface area contributed by atoms with Crippen LogP contribution in [0.15, 0.2) is 72.8 Å². The number of benzene rings is 4. The largest absolute Gasteiger partial charge is 0.494 e. The molecule has 38 heavy (non-hydrogen) atoms. The predicted octanol–water partition coefficient (Wildman–Crippen LogP) is 8.94. The van der Waals surface area contributed by atoms with Gasteiger partial charge in [0.2, 0.25) is 5.82 Å². The first-order valence-corrected chi connectivity index (χ1v) is 12.8. The molecule has 198 valence electrons. The summed E-state index contributed by atoms with van der Waals surface area (Å²) in [4.78, 5) is 0. The average molecular weight is 523 g/mol. The molecule has 0 unspecified atom stereocenters. The molecule has 0 fully saturated rings. The Hall–Kier alpha value is -3.80. The van der Waals surface area contributed by atoms with Crippen molar-refractivity contribution in [3.05, 3.63) is 107 Å². The first-order chi connectivity index (χ1) is 18.4. The van der Waals surface area contributed by atoms with Crippen molar-refractivity contribution in [3.8, 4) is 33.8 Å². The Bertz CT molecular complexity index is 1370. The van der Waals surface area contributed by atoms with Crippen molar-refractivity contribution in [2.75, 3.05) is 13.2 Å². The van der Waals surface area contributed by atoms with Crippen LogP contribution in [-0.4, -0.2) is 13.2 Å². The van der Waals surface area contributed by atoms with E-state index in [1.54, 1.807) is 67.6 Å². The molecular formula is C32H30F4O2. The summed E-state index contributed by atoms with van der Waals surface area (Å²) in [5, 5.41) is 0. The normalized spacial score (nSPS) is 11.0. The minimum Gasteiger partial charge on any atom is -0.494 e. The van der Waals surface area contributed by atoms with Gasteiger partial charge in [-0.1, -0.05) is 67.9 Å². The van der Waals surface area contributed by atoms with Gasteiger partial charge in [0, 0.05) is 11.1 Å². The molecule has 0 saturated carbocycles. The minimum atomic E-state index is -0.989. The van der Waals surface area contributed by atoms with E-state index in [0.717, 1.165) is 18.4 Å². The molecule has 0 aliphatic heterocycles.